The van der Waals surface area contributed by atoms with Crippen LogP contribution in [0, 0.1) is 11.7 Å². The quantitative estimate of drug-likeness (QED) is 0.827. The number of hydrogen-bond acceptors (Lipinski definition) is 3. The molecule has 0 aromatic heterocycles. The maximum Gasteiger partial charge on any atom is 0.243 e. The van der Waals surface area contributed by atoms with Crippen molar-refractivity contribution in [1.82, 2.24) is 4.72 Å². The van der Waals surface area contributed by atoms with E-state index in [4.69, 9.17) is 5.73 Å². The van der Waals surface area contributed by atoms with Gasteiger partial charge >= 0.3 is 0 Å². The zero-order valence-electron chi connectivity index (χ0n) is 11.9. The molecule has 1 unspecified atom stereocenters. The van der Waals surface area contributed by atoms with Gasteiger partial charge in [-0.1, -0.05) is 28.8 Å². The summed E-state index contributed by atoms with van der Waals surface area (Å²) in [4.78, 5) is -0.345. The molecule has 1 aliphatic rings. The Hall–Kier alpha value is -0.500. The van der Waals surface area contributed by atoms with Crippen molar-refractivity contribution in [2.75, 3.05) is 0 Å². The highest BCUT2D eigenvalue weighted by Crippen LogP contribution is 2.29. The highest BCUT2D eigenvalue weighted by Gasteiger charge is 2.28. The van der Waals surface area contributed by atoms with Crippen LogP contribution in [0.25, 0.3) is 0 Å². The Kier molecular flexibility index (Phi) is 5.40. The minimum absolute atomic E-state index is 0.0496. The second-order valence-corrected chi connectivity index (χ2v) is 8.13. The Labute approximate surface area is 133 Å². The van der Waals surface area contributed by atoms with Crippen molar-refractivity contribution in [3.05, 3.63) is 28.0 Å². The Bertz CT molecular complexity index is 616. The molecule has 0 bridgehead atoms. The van der Waals surface area contributed by atoms with Crippen molar-refractivity contribution in [3.63, 3.8) is 0 Å². The van der Waals surface area contributed by atoms with E-state index in [2.05, 4.69) is 20.7 Å². The maximum atomic E-state index is 14.3. The molecule has 1 aromatic rings. The van der Waals surface area contributed by atoms with Crippen LogP contribution in [0.1, 0.15) is 38.2 Å². The zero-order chi connectivity index (χ0) is 15.6. The van der Waals surface area contributed by atoms with Gasteiger partial charge in [-0.25, -0.2) is 17.5 Å². The number of sulfonamides is 1. The predicted molar refractivity (Wildman–Crippen MR) is 83.7 cm³/mol. The molecule has 3 N–H and O–H groups in total. The molecule has 0 radical (unpaired) electrons. The molecule has 4 nitrogen and oxygen atoms in total. The third-order valence-electron chi connectivity index (χ3n) is 4.04. The van der Waals surface area contributed by atoms with Gasteiger partial charge in [0.05, 0.1) is 0 Å². The van der Waals surface area contributed by atoms with Crippen molar-refractivity contribution in [2.45, 2.75) is 50.1 Å². The van der Waals surface area contributed by atoms with Gasteiger partial charge in [0.15, 0.2) is 0 Å². The summed E-state index contributed by atoms with van der Waals surface area (Å²) in [6, 6.07) is 2.57. The first kappa shape index (κ1) is 16.9. The molecule has 1 aromatic carbocycles. The molecule has 0 saturated heterocycles. The van der Waals surface area contributed by atoms with E-state index in [-0.39, 0.29) is 23.0 Å². The monoisotopic (exact) mass is 378 g/mol. The summed E-state index contributed by atoms with van der Waals surface area (Å²) in [6.45, 7) is 1.79. The van der Waals surface area contributed by atoms with Crippen LogP contribution in [0.5, 0.6) is 0 Å². The summed E-state index contributed by atoms with van der Waals surface area (Å²) in [6.07, 6.45) is 4.27. The number of nitrogens with one attached hydrogen (secondary N) is 1. The van der Waals surface area contributed by atoms with E-state index in [0.29, 0.717) is 10.4 Å². The van der Waals surface area contributed by atoms with Gasteiger partial charge in [0.2, 0.25) is 10.0 Å². The molecule has 1 atom stereocenters. The lowest BCUT2D eigenvalue weighted by atomic mass is 10.0. The van der Waals surface area contributed by atoms with E-state index in [0.717, 1.165) is 25.7 Å². The minimum Gasteiger partial charge on any atom is -0.326 e. The molecule has 0 spiro atoms. The van der Waals surface area contributed by atoms with Crippen molar-refractivity contribution >= 4 is 26.0 Å². The third kappa shape index (κ3) is 3.83. The van der Waals surface area contributed by atoms with Gasteiger partial charge < -0.3 is 5.73 Å². The Balaban J connectivity index is 2.28. The Morgan fingerprint density at radius 1 is 1.43 bits per heavy atom. The topological polar surface area (TPSA) is 72.2 Å². The van der Waals surface area contributed by atoms with Crippen LogP contribution >= 0.6 is 15.9 Å². The van der Waals surface area contributed by atoms with Crippen molar-refractivity contribution in [1.29, 1.82) is 0 Å². The van der Waals surface area contributed by atoms with E-state index in [1.165, 1.54) is 12.1 Å². The first-order valence-corrected chi connectivity index (χ1v) is 9.33. The number of hydrogen-bond donors (Lipinski definition) is 2. The van der Waals surface area contributed by atoms with Crippen molar-refractivity contribution in [3.8, 4) is 0 Å². The van der Waals surface area contributed by atoms with Crippen LogP contribution in [-0.2, 0) is 16.6 Å². The fraction of sp³-hybridized carbons (Fsp3) is 0.571. The first-order valence-electron chi connectivity index (χ1n) is 7.05. The fourth-order valence-electron chi connectivity index (χ4n) is 2.82. The second-order valence-electron chi connectivity index (χ2n) is 5.54. The predicted octanol–water partition coefficient (Wildman–Crippen LogP) is 2.90. The number of benzene rings is 1. The third-order valence-corrected chi connectivity index (χ3v) is 6.05. The van der Waals surface area contributed by atoms with Crippen LogP contribution in [0.2, 0.25) is 0 Å². The number of rotatable bonds is 5. The molecule has 0 aliphatic heterocycles. The molecule has 2 rings (SSSR count). The van der Waals surface area contributed by atoms with E-state index >= 15 is 0 Å². The largest absolute Gasteiger partial charge is 0.326 e. The lowest BCUT2D eigenvalue weighted by molar-refractivity contribution is 0.422. The lowest BCUT2D eigenvalue weighted by Gasteiger charge is -2.21. The molecule has 1 saturated carbocycles. The molecular formula is C14H20BrFN2O2S. The maximum absolute atomic E-state index is 14.3. The summed E-state index contributed by atoms with van der Waals surface area (Å²) in [5.74, 6) is -0.448. The fourth-order valence-corrected chi connectivity index (χ4v) is 4.94. The molecule has 118 valence electrons. The second kappa shape index (κ2) is 6.73. The van der Waals surface area contributed by atoms with E-state index < -0.39 is 15.8 Å². The summed E-state index contributed by atoms with van der Waals surface area (Å²) in [5.41, 5.74) is 5.64. The highest BCUT2D eigenvalue weighted by atomic mass is 79.9. The highest BCUT2D eigenvalue weighted by molar-refractivity contribution is 9.10. The van der Waals surface area contributed by atoms with Crippen LogP contribution in [0.15, 0.2) is 21.5 Å². The number of halogens is 2. The Morgan fingerprint density at radius 3 is 2.62 bits per heavy atom. The van der Waals surface area contributed by atoms with Crippen molar-refractivity contribution < 1.29 is 12.8 Å². The average molecular weight is 379 g/mol. The molecule has 0 heterocycles. The zero-order valence-corrected chi connectivity index (χ0v) is 14.3. The normalized spacial score (nSPS) is 18.1. The Morgan fingerprint density at radius 2 is 2.05 bits per heavy atom. The first-order chi connectivity index (χ1) is 9.85. The summed E-state index contributed by atoms with van der Waals surface area (Å²) in [7, 11) is -3.89. The van der Waals surface area contributed by atoms with Crippen LogP contribution in [0.4, 0.5) is 4.39 Å². The van der Waals surface area contributed by atoms with Gasteiger partial charge in [0, 0.05) is 22.6 Å². The van der Waals surface area contributed by atoms with Gasteiger partial charge in [-0.05, 0) is 37.8 Å². The average Bonchev–Trinajstić information content (AvgIpc) is 2.94. The van der Waals surface area contributed by atoms with Gasteiger partial charge in [0.25, 0.3) is 0 Å². The summed E-state index contributed by atoms with van der Waals surface area (Å²) < 4.78 is 42.2. The lowest BCUT2D eigenvalue weighted by Crippen LogP contribution is -2.37. The van der Waals surface area contributed by atoms with Gasteiger partial charge in [-0.15, -0.1) is 0 Å². The van der Waals surface area contributed by atoms with Gasteiger partial charge in [-0.3, -0.25) is 0 Å². The molecular weight excluding hydrogens is 359 g/mol. The van der Waals surface area contributed by atoms with Gasteiger partial charge in [0.1, 0.15) is 10.7 Å². The molecule has 1 aliphatic carbocycles. The van der Waals surface area contributed by atoms with E-state index in [9.17, 15) is 12.8 Å². The van der Waals surface area contributed by atoms with Crippen LogP contribution < -0.4 is 10.5 Å². The van der Waals surface area contributed by atoms with E-state index in [1.807, 2.05) is 6.92 Å². The summed E-state index contributed by atoms with van der Waals surface area (Å²) >= 11 is 3.20. The number of nitrogens with two attached hydrogens (primary N) is 1. The van der Waals surface area contributed by atoms with Gasteiger partial charge in [-0.2, -0.15) is 0 Å². The molecule has 21 heavy (non-hydrogen) atoms. The smallest absolute Gasteiger partial charge is 0.243 e. The van der Waals surface area contributed by atoms with E-state index in [1.54, 1.807) is 0 Å². The van der Waals surface area contributed by atoms with Crippen molar-refractivity contribution in [2.24, 2.45) is 11.7 Å². The van der Waals surface area contributed by atoms with Crippen LogP contribution in [-0.4, -0.2) is 14.5 Å². The molecule has 1 fully saturated rings. The standard InChI is InChI=1S/C14H20BrFN2O2S/c1-9(10-4-2-3-5-10)18-21(19,20)13-7-12(15)6-11(8-17)14(13)16/h6-7,9-10,18H,2-5,8,17H2,1H3. The SMILES string of the molecule is CC(NS(=O)(=O)c1cc(Br)cc(CN)c1F)C1CCCC1. The minimum atomic E-state index is -3.89. The molecule has 0 amide bonds. The van der Waals surface area contributed by atoms with Crippen LogP contribution in [0.3, 0.4) is 0 Å². The molecule has 7 heteroatoms. The summed E-state index contributed by atoms with van der Waals surface area (Å²) in [5, 5.41) is 0.